The lowest BCUT2D eigenvalue weighted by atomic mass is 10.0. The number of ether oxygens (including phenoxy) is 1. The van der Waals surface area contributed by atoms with Crippen molar-refractivity contribution in [2.24, 2.45) is 0 Å². The average Bonchev–Trinajstić information content (AvgIpc) is 2.70. The minimum absolute atomic E-state index is 0.0488. The van der Waals surface area contributed by atoms with E-state index < -0.39 is 5.97 Å². The quantitative estimate of drug-likeness (QED) is 0.836. The van der Waals surface area contributed by atoms with Crippen LogP contribution in [0.2, 0.25) is 0 Å². The van der Waals surface area contributed by atoms with Crippen LogP contribution in [0.4, 0.5) is 5.69 Å². The second kappa shape index (κ2) is 8.25. The molecule has 5 nitrogen and oxygen atoms in total. The number of aryl methyl sites for hydroxylation is 2. The normalized spacial score (nSPS) is 16.7. The Hall–Kier alpha value is -2.82. The number of methoxy groups -OCH3 is 1. The molecule has 0 unspecified atom stereocenters. The molecule has 5 heteroatoms. The highest BCUT2D eigenvalue weighted by Gasteiger charge is 2.25. The van der Waals surface area contributed by atoms with Gasteiger partial charge >= 0.3 is 5.97 Å². The number of amides is 1. The van der Waals surface area contributed by atoms with Crippen LogP contribution >= 0.6 is 0 Å². The van der Waals surface area contributed by atoms with Crippen molar-refractivity contribution in [1.82, 2.24) is 4.90 Å². The predicted molar refractivity (Wildman–Crippen MR) is 106 cm³/mol. The van der Waals surface area contributed by atoms with Crippen LogP contribution < -0.4 is 5.32 Å². The Labute approximate surface area is 160 Å². The maximum atomic E-state index is 12.9. The monoisotopic (exact) mass is 366 g/mol. The number of anilines is 1. The zero-order valence-corrected chi connectivity index (χ0v) is 16.1. The molecule has 1 N–H and O–H groups in total. The number of esters is 1. The van der Waals surface area contributed by atoms with Gasteiger partial charge in [0.2, 0.25) is 0 Å². The SMILES string of the molecule is COC(=O)c1cccc(C(=O)N2CCC[C@H](Nc3ccc(C)c(C)c3)C2)c1. The number of carbonyl (C=O) groups excluding carboxylic acids is 2. The summed E-state index contributed by atoms with van der Waals surface area (Å²) in [6.07, 6.45) is 1.98. The molecule has 1 aliphatic heterocycles. The number of hydrogen-bond acceptors (Lipinski definition) is 4. The van der Waals surface area contributed by atoms with Crippen molar-refractivity contribution in [3.63, 3.8) is 0 Å². The van der Waals surface area contributed by atoms with Gasteiger partial charge in [-0.25, -0.2) is 4.79 Å². The van der Waals surface area contributed by atoms with Gasteiger partial charge < -0.3 is 15.0 Å². The first-order valence-electron chi connectivity index (χ1n) is 9.29. The van der Waals surface area contributed by atoms with Crippen LogP contribution in [0.3, 0.4) is 0 Å². The number of nitrogens with zero attached hydrogens (tertiary/aromatic N) is 1. The molecule has 2 aromatic carbocycles. The smallest absolute Gasteiger partial charge is 0.337 e. The standard InChI is InChI=1S/C22H26N2O3/c1-15-9-10-19(12-16(15)2)23-20-8-5-11-24(14-20)21(25)17-6-4-7-18(13-17)22(26)27-3/h4,6-7,9-10,12-13,20,23H,5,8,11,14H2,1-3H3/t20-/m0/s1. The Morgan fingerprint density at radius 1 is 1.07 bits per heavy atom. The summed E-state index contributed by atoms with van der Waals surface area (Å²) in [5.74, 6) is -0.482. The molecule has 1 fully saturated rings. The van der Waals surface area contributed by atoms with Crippen LogP contribution in [-0.4, -0.2) is 43.0 Å². The molecule has 1 atom stereocenters. The van der Waals surface area contributed by atoms with Crippen LogP contribution in [0.15, 0.2) is 42.5 Å². The highest BCUT2D eigenvalue weighted by molar-refractivity contribution is 5.98. The summed E-state index contributed by atoms with van der Waals surface area (Å²) >= 11 is 0. The van der Waals surface area contributed by atoms with Crippen molar-refractivity contribution in [1.29, 1.82) is 0 Å². The second-order valence-corrected chi connectivity index (χ2v) is 7.11. The maximum Gasteiger partial charge on any atom is 0.337 e. The molecule has 0 aliphatic carbocycles. The molecule has 142 valence electrons. The van der Waals surface area contributed by atoms with Gasteiger partial charge in [-0.2, -0.15) is 0 Å². The fourth-order valence-electron chi connectivity index (χ4n) is 3.43. The van der Waals surface area contributed by atoms with E-state index in [2.05, 4.69) is 37.4 Å². The van der Waals surface area contributed by atoms with Crippen molar-refractivity contribution in [3.05, 3.63) is 64.7 Å². The number of benzene rings is 2. The van der Waals surface area contributed by atoms with E-state index in [-0.39, 0.29) is 11.9 Å². The second-order valence-electron chi connectivity index (χ2n) is 7.11. The average molecular weight is 366 g/mol. The molecule has 2 aromatic rings. The van der Waals surface area contributed by atoms with Crippen LogP contribution in [-0.2, 0) is 4.74 Å². The fourth-order valence-corrected chi connectivity index (χ4v) is 3.43. The zero-order valence-electron chi connectivity index (χ0n) is 16.1. The van der Waals surface area contributed by atoms with Crippen molar-refractivity contribution in [3.8, 4) is 0 Å². The lowest BCUT2D eigenvalue weighted by Gasteiger charge is -2.34. The van der Waals surface area contributed by atoms with Gasteiger partial charge in [0, 0.05) is 30.4 Å². The van der Waals surface area contributed by atoms with E-state index in [1.165, 1.54) is 18.2 Å². The number of likely N-dealkylation sites (tertiary alicyclic amines) is 1. The van der Waals surface area contributed by atoms with Gasteiger partial charge in [-0.05, 0) is 68.1 Å². The van der Waals surface area contributed by atoms with Gasteiger partial charge in [0.1, 0.15) is 0 Å². The van der Waals surface area contributed by atoms with Gasteiger partial charge in [-0.3, -0.25) is 4.79 Å². The van der Waals surface area contributed by atoms with E-state index in [4.69, 9.17) is 4.74 Å². The Bertz CT molecular complexity index is 847. The zero-order chi connectivity index (χ0) is 19.4. The summed E-state index contributed by atoms with van der Waals surface area (Å²) in [7, 11) is 1.34. The predicted octanol–water partition coefficient (Wildman–Crippen LogP) is 3.81. The van der Waals surface area contributed by atoms with Crippen molar-refractivity contribution in [2.75, 3.05) is 25.5 Å². The van der Waals surface area contributed by atoms with Crippen LogP contribution in [0.25, 0.3) is 0 Å². The Morgan fingerprint density at radius 3 is 2.59 bits per heavy atom. The first-order valence-corrected chi connectivity index (χ1v) is 9.29. The third kappa shape index (κ3) is 4.48. The maximum absolute atomic E-state index is 12.9. The number of hydrogen-bond donors (Lipinski definition) is 1. The highest BCUT2D eigenvalue weighted by atomic mass is 16.5. The molecule has 1 saturated heterocycles. The molecule has 0 radical (unpaired) electrons. The Kier molecular flexibility index (Phi) is 5.79. The van der Waals surface area contributed by atoms with Gasteiger partial charge in [0.25, 0.3) is 5.91 Å². The van der Waals surface area contributed by atoms with Gasteiger partial charge in [-0.1, -0.05) is 12.1 Å². The van der Waals surface area contributed by atoms with Crippen molar-refractivity contribution in [2.45, 2.75) is 32.7 Å². The molecule has 27 heavy (non-hydrogen) atoms. The first-order chi connectivity index (χ1) is 13.0. The summed E-state index contributed by atoms with van der Waals surface area (Å²) in [6.45, 7) is 5.58. The summed E-state index contributed by atoms with van der Waals surface area (Å²) in [4.78, 5) is 26.5. The van der Waals surface area contributed by atoms with E-state index in [1.807, 2.05) is 4.90 Å². The number of carbonyl (C=O) groups is 2. The molecule has 1 heterocycles. The van der Waals surface area contributed by atoms with Gasteiger partial charge in [0.05, 0.1) is 12.7 Å². The van der Waals surface area contributed by atoms with Crippen LogP contribution in [0.1, 0.15) is 44.7 Å². The minimum Gasteiger partial charge on any atom is -0.465 e. The number of nitrogens with one attached hydrogen (secondary N) is 1. The van der Waals surface area contributed by atoms with E-state index >= 15 is 0 Å². The molecular formula is C22H26N2O3. The molecule has 0 spiro atoms. The lowest BCUT2D eigenvalue weighted by Crippen LogP contribution is -2.45. The van der Waals surface area contributed by atoms with E-state index in [0.29, 0.717) is 17.7 Å². The summed E-state index contributed by atoms with van der Waals surface area (Å²) < 4.78 is 4.74. The van der Waals surface area contributed by atoms with Crippen molar-refractivity contribution >= 4 is 17.6 Å². The molecule has 0 saturated carbocycles. The third-order valence-electron chi connectivity index (χ3n) is 5.12. The first kappa shape index (κ1) is 19.0. The molecule has 3 rings (SSSR count). The fraction of sp³-hybridized carbons (Fsp3) is 0.364. The molecule has 0 aromatic heterocycles. The Morgan fingerprint density at radius 2 is 1.85 bits per heavy atom. The highest BCUT2D eigenvalue weighted by Crippen LogP contribution is 2.20. The summed E-state index contributed by atoms with van der Waals surface area (Å²) in [5, 5.41) is 3.56. The third-order valence-corrected chi connectivity index (χ3v) is 5.12. The summed E-state index contributed by atoms with van der Waals surface area (Å²) in [5.41, 5.74) is 4.52. The molecule has 1 amide bonds. The van der Waals surface area contributed by atoms with E-state index in [9.17, 15) is 9.59 Å². The van der Waals surface area contributed by atoms with Crippen molar-refractivity contribution < 1.29 is 14.3 Å². The number of piperidine rings is 1. The van der Waals surface area contributed by atoms with Crippen LogP contribution in [0, 0.1) is 13.8 Å². The van der Waals surface area contributed by atoms with Gasteiger partial charge in [-0.15, -0.1) is 0 Å². The lowest BCUT2D eigenvalue weighted by molar-refractivity contribution is 0.0600. The molecular weight excluding hydrogens is 340 g/mol. The molecule has 0 bridgehead atoms. The number of rotatable bonds is 4. The van der Waals surface area contributed by atoms with E-state index in [1.54, 1.807) is 24.3 Å². The largest absolute Gasteiger partial charge is 0.465 e. The summed E-state index contributed by atoms with van der Waals surface area (Å²) in [6, 6.07) is 13.3. The van der Waals surface area contributed by atoms with Gasteiger partial charge in [0.15, 0.2) is 0 Å². The topological polar surface area (TPSA) is 58.6 Å². The Balaban J connectivity index is 1.69. The van der Waals surface area contributed by atoms with E-state index in [0.717, 1.165) is 25.1 Å². The van der Waals surface area contributed by atoms with Crippen LogP contribution in [0.5, 0.6) is 0 Å². The minimum atomic E-state index is -0.433. The molecule has 1 aliphatic rings.